The molecule has 1 heterocycles. The first-order chi connectivity index (χ1) is 9.86. The SMILES string of the molecule is Cc1ccc(Cl)c(NS(=O)(=O)c2cccnc2C#N)c1Cl. The lowest BCUT2D eigenvalue weighted by Gasteiger charge is -2.13. The molecule has 21 heavy (non-hydrogen) atoms. The summed E-state index contributed by atoms with van der Waals surface area (Å²) in [6.07, 6.45) is 1.34. The fourth-order valence-corrected chi connectivity index (χ4v) is 3.41. The maximum atomic E-state index is 12.4. The van der Waals surface area contributed by atoms with Gasteiger partial charge in [0.25, 0.3) is 10.0 Å². The standard InChI is InChI=1S/C13H9Cl2N3O2S/c1-8-4-5-9(14)13(12(8)15)18-21(19,20)11-3-2-6-17-10(11)7-16/h2-6,18H,1H3. The molecule has 0 aliphatic carbocycles. The minimum Gasteiger partial charge on any atom is -0.276 e. The van der Waals surface area contributed by atoms with E-state index in [9.17, 15) is 8.42 Å². The van der Waals surface area contributed by atoms with E-state index in [1.54, 1.807) is 19.1 Å². The van der Waals surface area contributed by atoms with Gasteiger partial charge in [-0.25, -0.2) is 13.4 Å². The first kappa shape index (κ1) is 15.6. The molecule has 8 heteroatoms. The molecular formula is C13H9Cl2N3O2S. The van der Waals surface area contributed by atoms with E-state index >= 15 is 0 Å². The van der Waals surface area contributed by atoms with Crippen molar-refractivity contribution in [2.75, 3.05) is 4.72 Å². The third-order valence-electron chi connectivity index (χ3n) is 2.69. The largest absolute Gasteiger partial charge is 0.276 e. The molecule has 0 bridgehead atoms. The van der Waals surface area contributed by atoms with Gasteiger partial charge in [0.05, 0.1) is 15.7 Å². The lowest BCUT2D eigenvalue weighted by atomic mass is 10.2. The maximum Gasteiger partial charge on any atom is 0.264 e. The van der Waals surface area contributed by atoms with Crippen molar-refractivity contribution in [2.45, 2.75) is 11.8 Å². The number of nitrogens with one attached hydrogen (secondary N) is 1. The number of pyridine rings is 1. The van der Waals surface area contributed by atoms with Crippen LogP contribution in [0.15, 0.2) is 35.4 Å². The number of nitrogens with zero attached hydrogens (tertiary/aromatic N) is 2. The highest BCUT2D eigenvalue weighted by molar-refractivity contribution is 7.92. The van der Waals surface area contributed by atoms with Crippen molar-refractivity contribution < 1.29 is 8.42 Å². The van der Waals surface area contributed by atoms with E-state index in [0.717, 1.165) is 0 Å². The lowest BCUT2D eigenvalue weighted by Crippen LogP contribution is -2.15. The number of aromatic nitrogens is 1. The number of aryl methyl sites for hydroxylation is 1. The Bertz CT molecular complexity index is 845. The summed E-state index contributed by atoms with van der Waals surface area (Å²) in [6.45, 7) is 1.72. The van der Waals surface area contributed by atoms with Gasteiger partial charge in [-0.1, -0.05) is 29.3 Å². The van der Waals surface area contributed by atoms with Crippen LogP contribution in [0.1, 0.15) is 11.3 Å². The van der Waals surface area contributed by atoms with Gasteiger partial charge >= 0.3 is 0 Å². The summed E-state index contributed by atoms with van der Waals surface area (Å²) < 4.78 is 27.1. The molecule has 2 rings (SSSR count). The number of hydrogen-bond donors (Lipinski definition) is 1. The fraction of sp³-hybridized carbons (Fsp3) is 0.0769. The van der Waals surface area contributed by atoms with Crippen LogP contribution in [-0.4, -0.2) is 13.4 Å². The Balaban J connectivity index is 2.54. The average molecular weight is 342 g/mol. The zero-order valence-electron chi connectivity index (χ0n) is 10.8. The van der Waals surface area contributed by atoms with Crippen LogP contribution in [0.2, 0.25) is 10.0 Å². The second-order valence-electron chi connectivity index (χ2n) is 4.12. The Labute approximate surface area is 132 Å². The zero-order valence-corrected chi connectivity index (χ0v) is 13.1. The molecule has 2 aromatic rings. The molecule has 0 saturated heterocycles. The molecule has 0 aliphatic heterocycles. The maximum absolute atomic E-state index is 12.4. The van der Waals surface area contributed by atoms with Crippen LogP contribution in [0.25, 0.3) is 0 Å². The Hall–Kier alpha value is -1.81. The van der Waals surface area contributed by atoms with Gasteiger partial charge in [0.2, 0.25) is 0 Å². The van der Waals surface area contributed by atoms with Gasteiger partial charge in [0.15, 0.2) is 5.69 Å². The van der Waals surface area contributed by atoms with E-state index in [2.05, 4.69) is 9.71 Å². The fourth-order valence-electron chi connectivity index (χ4n) is 1.63. The van der Waals surface area contributed by atoms with Crippen LogP contribution in [0.5, 0.6) is 0 Å². The highest BCUT2D eigenvalue weighted by atomic mass is 35.5. The van der Waals surface area contributed by atoms with E-state index in [4.69, 9.17) is 28.5 Å². The molecule has 0 fully saturated rings. The van der Waals surface area contributed by atoms with E-state index in [1.165, 1.54) is 24.4 Å². The summed E-state index contributed by atoms with van der Waals surface area (Å²) in [4.78, 5) is 3.49. The first-order valence-electron chi connectivity index (χ1n) is 5.69. The molecule has 0 amide bonds. The van der Waals surface area contributed by atoms with E-state index < -0.39 is 10.0 Å². The highest BCUT2D eigenvalue weighted by Gasteiger charge is 2.22. The molecule has 0 radical (unpaired) electrons. The monoisotopic (exact) mass is 341 g/mol. The van der Waals surface area contributed by atoms with Gasteiger partial charge in [0, 0.05) is 6.20 Å². The molecule has 0 aliphatic rings. The van der Waals surface area contributed by atoms with E-state index in [1.807, 2.05) is 0 Å². The van der Waals surface area contributed by atoms with Crippen LogP contribution in [-0.2, 0) is 10.0 Å². The van der Waals surface area contributed by atoms with Crippen LogP contribution in [0, 0.1) is 18.3 Å². The summed E-state index contributed by atoms with van der Waals surface area (Å²) in [7, 11) is -4.02. The van der Waals surface area contributed by atoms with Gasteiger partial charge < -0.3 is 0 Å². The Morgan fingerprint density at radius 2 is 2.00 bits per heavy atom. The predicted molar refractivity (Wildman–Crippen MR) is 81.0 cm³/mol. The van der Waals surface area contributed by atoms with Crippen LogP contribution in [0.4, 0.5) is 5.69 Å². The average Bonchev–Trinajstić information content (AvgIpc) is 2.47. The van der Waals surface area contributed by atoms with Crippen molar-refractivity contribution in [3.63, 3.8) is 0 Å². The topological polar surface area (TPSA) is 82.8 Å². The number of hydrogen-bond acceptors (Lipinski definition) is 4. The van der Waals surface area contributed by atoms with Crippen LogP contribution < -0.4 is 4.72 Å². The third kappa shape index (κ3) is 3.10. The second-order valence-corrected chi connectivity index (χ2v) is 6.56. The zero-order chi connectivity index (χ0) is 15.6. The quantitative estimate of drug-likeness (QED) is 0.927. The molecule has 0 spiro atoms. The molecule has 0 saturated carbocycles. The molecule has 1 aromatic carbocycles. The van der Waals surface area contributed by atoms with Crippen molar-refractivity contribution >= 4 is 38.9 Å². The van der Waals surface area contributed by atoms with E-state index in [-0.39, 0.29) is 26.3 Å². The van der Waals surface area contributed by atoms with Crippen LogP contribution in [0.3, 0.4) is 0 Å². The molecular weight excluding hydrogens is 333 g/mol. The number of sulfonamides is 1. The number of anilines is 1. The van der Waals surface area contributed by atoms with Crippen molar-refractivity contribution in [1.82, 2.24) is 4.98 Å². The molecule has 0 atom stereocenters. The van der Waals surface area contributed by atoms with Gasteiger partial charge in [-0.3, -0.25) is 4.72 Å². The summed E-state index contributed by atoms with van der Waals surface area (Å²) in [5.74, 6) is 0. The number of rotatable bonds is 3. The Morgan fingerprint density at radius 3 is 2.67 bits per heavy atom. The smallest absolute Gasteiger partial charge is 0.264 e. The second kappa shape index (κ2) is 5.90. The van der Waals surface area contributed by atoms with Gasteiger partial charge in [-0.15, -0.1) is 0 Å². The minimum atomic E-state index is -4.02. The predicted octanol–water partition coefficient (Wildman–Crippen LogP) is 3.37. The minimum absolute atomic E-state index is 0.0751. The molecule has 108 valence electrons. The van der Waals surface area contributed by atoms with Gasteiger partial charge in [-0.05, 0) is 30.7 Å². The van der Waals surface area contributed by atoms with Crippen molar-refractivity contribution in [3.05, 3.63) is 51.8 Å². The van der Waals surface area contributed by atoms with Crippen molar-refractivity contribution in [2.24, 2.45) is 0 Å². The Kier molecular flexibility index (Phi) is 4.37. The number of halogens is 2. The molecule has 5 nitrogen and oxygen atoms in total. The first-order valence-corrected chi connectivity index (χ1v) is 7.93. The van der Waals surface area contributed by atoms with E-state index in [0.29, 0.717) is 5.56 Å². The Morgan fingerprint density at radius 1 is 1.29 bits per heavy atom. The highest BCUT2D eigenvalue weighted by Crippen LogP contribution is 2.34. The summed E-state index contributed by atoms with van der Waals surface area (Å²) in [5, 5.41) is 9.31. The summed E-state index contributed by atoms with van der Waals surface area (Å²) in [5.41, 5.74) is 0.543. The normalized spacial score (nSPS) is 11.0. The summed E-state index contributed by atoms with van der Waals surface area (Å²) in [6, 6.07) is 7.65. The van der Waals surface area contributed by atoms with Gasteiger partial charge in [0.1, 0.15) is 11.0 Å². The summed E-state index contributed by atoms with van der Waals surface area (Å²) >= 11 is 12.1. The van der Waals surface area contributed by atoms with Gasteiger partial charge in [-0.2, -0.15) is 5.26 Å². The lowest BCUT2D eigenvalue weighted by molar-refractivity contribution is 0.600. The molecule has 1 N–H and O–H groups in total. The van der Waals surface area contributed by atoms with Crippen LogP contribution >= 0.6 is 23.2 Å². The third-order valence-corrected chi connectivity index (χ3v) is 4.87. The van der Waals surface area contributed by atoms with Crippen molar-refractivity contribution in [3.8, 4) is 6.07 Å². The number of nitriles is 1. The van der Waals surface area contributed by atoms with Crippen molar-refractivity contribution in [1.29, 1.82) is 5.26 Å². The number of benzene rings is 1. The molecule has 0 unspecified atom stereocenters. The molecule has 1 aromatic heterocycles.